The molecule has 1 saturated heterocycles. The van der Waals surface area contributed by atoms with Gasteiger partial charge in [-0.2, -0.15) is 0 Å². The van der Waals surface area contributed by atoms with E-state index in [2.05, 4.69) is 15.6 Å². The molecule has 1 N–H and O–H groups in total. The second kappa shape index (κ2) is 7.31. The molecule has 160 valence electrons. The molecule has 1 spiro atoms. The largest absolute Gasteiger partial charge is 0.479 e. The van der Waals surface area contributed by atoms with Gasteiger partial charge in [0.05, 0.1) is 11.4 Å². The summed E-state index contributed by atoms with van der Waals surface area (Å²) in [5.41, 5.74) is 2.20. The van der Waals surface area contributed by atoms with Crippen molar-refractivity contribution in [2.75, 3.05) is 13.1 Å². The second-order valence-corrected chi connectivity index (χ2v) is 9.01. The van der Waals surface area contributed by atoms with Crippen molar-refractivity contribution in [1.29, 1.82) is 0 Å². The van der Waals surface area contributed by atoms with Gasteiger partial charge in [-0.25, -0.2) is 0 Å². The maximum atomic E-state index is 13.1. The van der Waals surface area contributed by atoms with E-state index in [1.807, 2.05) is 50.4 Å². The maximum absolute atomic E-state index is 13.1. The molecule has 0 atom stereocenters. The number of nitrogens with zero attached hydrogens (tertiary/aromatic N) is 2. The Morgan fingerprint density at radius 1 is 1.16 bits per heavy atom. The Morgan fingerprint density at radius 3 is 2.65 bits per heavy atom. The molecule has 2 aromatic heterocycles. The van der Waals surface area contributed by atoms with Crippen molar-refractivity contribution in [3.05, 3.63) is 81.0 Å². The second-order valence-electron chi connectivity index (χ2n) is 8.58. The smallest absolute Gasteiger partial charge is 0.261 e. The zero-order chi connectivity index (χ0) is 21.8. The SMILES string of the molecule is CC(C)c1ccc(C(=O)N2CCC3(CC2)Oc2cc(Cl)ccc2-n2cccc23)c(=O)[nH]1. The third kappa shape index (κ3) is 3.26. The summed E-state index contributed by atoms with van der Waals surface area (Å²) in [6.45, 7) is 5.01. The summed E-state index contributed by atoms with van der Waals surface area (Å²) in [7, 11) is 0. The fourth-order valence-corrected chi connectivity index (χ4v) is 4.75. The minimum absolute atomic E-state index is 0.186. The molecule has 6 nitrogen and oxygen atoms in total. The van der Waals surface area contributed by atoms with Crippen LogP contribution in [-0.4, -0.2) is 33.4 Å². The van der Waals surface area contributed by atoms with Crippen LogP contribution in [0.2, 0.25) is 5.02 Å². The number of benzene rings is 1. The van der Waals surface area contributed by atoms with Gasteiger partial charge in [-0.05, 0) is 42.3 Å². The van der Waals surface area contributed by atoms with Crippen LogP contribution in [0.3, 0.4) is 0 Å². The molecule has 0 bridgehead atoms. The molecule has 0 radical (unpaired) electrons. The third-order valence-corrected chi connectivity index (χ3v) is 6.58. The van der Waals surface area contributed by atoms with E-state index in [9.17, 15) is 9.59 Å². The lowest BCUT2D eigenvalue weighted by atomic mass is 9.86. The number of nitrogens with one attached hydrogen (secondary N) is 1. The Labute approximate surface area is 185 Å². The standard InChI is InChI=1S/C24H24ClN3O3/c1-15(2)18-7-6-17(22(29)26-18)23(30)27-12-9-24(10-13-27)21-4-3-11-28(21)19-8-5-16(25)14-20(19)31-24/h3-8,11,14-15H,9-10,12-13H2,1-2H3,(H,26,29). The van der Waals surface area contributed by atoms with Gasteiger partial charge in [0.1, 0.15) is 11.3 Å². The zero-order valence-electron chi connectivity index (χ0n) is 17.5. The first-order chi connectivity index (χ1) is 14.9. The van der Waals surface area contributed by atoms with Gasteiger partial charge in [0.2, 0.25) is 0 Å². The van der Waals surface area contributed by atoms with Crippen molar-refractivity contribution in [3.8, 4) is 11.4 Å². The molecule has 1 fully saturated rings. The van der Waals surface area contributed by atoms with E-state index in [0.717, 1.165) is 22.8 Å². The van der Waals surface area contributed by atoms with E-state index in [1.165, 1.54) is 0 Å². The average Bonchev–Trinajstić information content (AvgIpc) is 3.25. The van der Waals surface area contributed by atoms with Gasteiger partial charge in [0, 0.05) is 48.9 Å². The van der Waals surface area contributed by atoms with Gasteiger partial charge in [-0.15, -0.1) is 0 Å². The van der Waals surface area contributed by atoms with Gasteiger partial charge in [0.25, 0.3) is 11.5 Å². The highest BCUT2D eigenvalue weighted by Crippen LogP contribution is 2.45. The van der Waals surface area contributed by atoms with Crippen LogP contribution in [0.15, 0.2) is 53.5 Å². The number of piperidine rings is 1. The van der Waals surface area contributed by atoms with E-state index in [0.29, 0.717) is 31.0 Å². The highest BCUT2D eigenvalue weighted by Gasteiger charge is 2.44. The summed E-state index contributed by atoms with van der Waals surface area (Å²) < 4.78 is 8.66. The van der Waals surface area contributed by atoms with E-state index >= 15 is 0 Å². The number of fused-ring (bicyclic) bond motifs is 4. The fourth-order valence-electron chi connectivity index (χ4n) is 4.59. The number of aromatic amines is 1. The maximum Gasteiger partial charge on any atom is 0.261 e. The first kappa shape index (κ1) is 19.9. The third-order valence-electron chi connectivity index (χ3n) is 6.35. The van der Waals surface area contributed by atoms with Gasteiger partial charge >= 0.3 is 0 Å². The monoisotopic (exact) mass is 437 g/mol. The molecule has 31 heavy (non-hydrogen) atoms. The summed E-state index contributed by atoms with van der Waals surface area (Å²) in [5, 5.41) is 0.626. The van der Waals surface area contributed by atoms with Crippen molar-refractivity contribution < 1.29 is 9.53 Å². The molecule has 2 aliphatic heterocycles. The molecule has 2 aliphatic rings. The minimum Gasteiger partial charge on any atom is -0.479 e. The van der Waals surface area contributed by atoms with Crippen molar-refractivity contribution in [2.45, 2.75) is 38.2 Å². The van der Waals surface area contributed by atoms with Gasteiger partial charge in [-0.3, -0.25) is 9.59 Å². The normalized spacial score (nSPS) is 16.7. The zero-order valence-corrected chi connectivity index (χ0v) is 18.3. The van der Waals surface area contributed by atoms with Crippen LogP contribution in [0, 0.1) is 0 Å². The number of carbonyl (C=O) groups is 1. The minimum atomic E-state index is -0.522. The van der Waals surface area contributed by atoms with Crippen molar-refractivity contribution in [2.24, 2.45) is 0 Å². The van der Waals surface area contributed by atoms with Crippen LogP contribution in [0.4, 0.5) is 0 Å². The molecule has 4 heterocycles. The Kier molecular flexibility index (Phi) is 4.70. The first-order valence-electron chi connectivity index (χ1n) is 10.6. The molecular formula is C24H24ClN3O3. The number of rotatable bonds is 2. The molecule has 5 rings (SSSR count). The number of aromatic nitrogens is 2. The lowest BCUT2D eigenvalue weighted by molar-refractivity contribution is -0.00934. The predicted octanol–water partition coefficient (Wildman–Crippen LogP) is 4.47. The van der Waals surface area contributed by atoms with Crippen LogP contribution >= 0.6 is 11.6 Å². The highest BCUT2D eigenvalue weighted by molar-refractivity contribution is 6.30. The summed E-state index contributed by atoms with van der Waals surface area (Å²) in [5.74, 6) is 0.709. The topological polar surface area (TPSA) is 67.3 Å². The predicted molar refractivity (Wildman–Crippen MR) is 119 cm³/mol. The molecule has 1 amide bonds. The average molecular weight is 438 g/mol. The number of pyridine rings is 1. The quantitative estimate of drug-likeness (QED) is 0.643. The molecular weight excluding hydrogens is 414 g/mol. The van der Waals surface area contributed by atoms with Gasteiger partial charge in [-0.1, -0.05) is 25.4 Å². The lowest BCUT2D eigenvalue weighted by Gasteiger charge is -2.45. The molecule has 0 saturated carbocycles. The van der Waals surface area contributed by atoms with Gasteiger partial charge < -0.3 is 19.2 Å². The van der Waals surface area contributed by atoms with Crippen molar-refractivity contribution >= 4 is 17.5 Å². The van der Waals surface area contributed by atoms with Crippen LogP contribution in [0.1, 0.15) is 54.4 Å². The molecule has 0 unspecified atom stereocenters. The number of carbonyl (C=O) groups excluding carboxylic acids is 1. The van der Waals surface area contributed by atoms with Crippen molar-refractivity contribution in [3.63, 3.8) is 0 Å². The highest BCUT2D eigenvalue weighted by atomic mass is 35.5. The summed E-state index contributed by atoms with van der Waals surface area (Å²) in [4.78, 5) is 30.1. The first-order valence-corrected chi connectivity index (χ1v) is 10.9. The number of hydrogen-bond acceptors (Lipinski definition) is 3. The van der Waals surface area contributed by atoms with E-state index in [-0.39, 0.29) is 22.9 Å². The number of likely N-dealkylation sites (tertiary alicyclic amines) is 1. The van der Waals surface area contributed by atoms with E-state index in [4.69, 9.17) is 16.3 Å². The number of amides is 1. The van der Waals surface area contributed by atoms with Crippen LogP contribution in [-0.2, 0) is 5.60 Å². The molecule has 3 aromatic rings. The molecule has 1 aromatic carbocycles. The fraction of sp³-hybridized carbons (Fsp3) is 0.333. The Hall–Kier alpha value is -2.99. The van der Waals surface area contributed by atoms with Gasteiger partial charge in [0.15, 0.2) is 5.60 Å². The number of halogens is 1. The van der Waals surface area contributed by atoms with E-state index < -0.39 is 5.60 Å². The van der Waals surface area contributed by atoms with Crippen LogP contribution < -0.4 is 10.3 Å². The molecule has 7 heteroatoms. The Morgan fingerprint density at radius 2 is 1.94 bits per heavy atom. The summed E-state index contributed by atoms with van der Waals surface area (Å²) in [6, 6.07) is 13.2. The Balaban J connectivity index is 1.39. The number of hydrogen-bond donors (Lipinski definition) is 1. The van der Waals surface area contributed by atoms with Crippen LogP contribution in [0.5, 0.6) is 5.75 Å². The van der Waals surface area contributed by atoms with Crippen molar-refractivity contribution in [1.82, 2.24) is 14.5 Å². The van der Waals surface area contributed by atoms with Crippen LogP contribution in [0.25, 0.3) is 5.69 Å². The summed E-state index contributed by atoms with van der Waals surface area (Å²) in [6.07, 6.45) is 3.30. The Bertz CT molecular complexity index is 1220. The number of H-pyrrole nitrogens is 1. The molecule has 0 aliphatic carbocycles. The summed E-state index contributed by atoms with van der Waals surface area (Å²) >= 11 is 6.21. The number of ether oxygens (including phenoxy) is 1. The lowest BCUT2D eigenvalue weighted by Crippen LogP contribution is -2.50. The van der Waals surface area contributed by atoms with E-state index in [1.54, 1.807) is 11.0 Å².